The van der Waals surface area contributed by atoms with Crippen LogP contribution in [0.2, 0.25) is 0 Å². The summed E-state index contributed by atoms with van der Waals surface area (Å²) < 4.78 is 5.26. The Morgan fingerprint density at radius 2 is 1.86 bits per heavy atom. The highest BCUT2D eigenvalue weighted by atomic mass is 16.6. The molecule has 0 radical (unpaired) electrons. The van der Waals surface area contributed by atoms with Gasteiger partial charge >= 0.3 is 0 Å². The summed E-state index contributed by atoms with van der Waals surface area (Å²) in [5.41, 5.74) is 1.27. The molecule has 6 heteroatoms. The summed E-state index contributed by atoms with van der Waals surface area (Å²) in [6.07, 6.45) is 0. The van der Waals surface area contributed by atoms with Crippen LogP contribution in [0.1, 0.15) is 0 Å². The van der Waals surface area contributed by atoms with Crippen LogP contribution in [0.5, 0.6) is 11.6 Å². The summed E-state index contributed by atoms with van der Waals surface area (Å²) >= 11 is 0. The van der Waals surface area contributed by atoms with Gasteiger partial charge in [0.25, 0.3) is 5.69 Å². The number of aromatic nitrogens is 1. The minimum Gasteiger partial charge on any atom is -0.508 e. The number of nitro groups is 1. The normalized spacial score (nSPS) is 10.6. The van der Waals surface area contributed by atoms with E-state index < -0.39 is 4.92 Å². The number of phenols is 1. The van der Waals surface area contributed by atoms with Crippen LogP contribution in [0.3, 0.4) is 0 Å². The third-order valence-corrected chi connectivity index (χ3v) is 3.37. The van der Waals surface area contributed by atoms with E-state index in [1.54, 1.807) is 30.3 Å². The fourth-order valence-electron chi connectivity index (χ4n) is 2.32. The Morgan fingerprint density at radius 1 is 1.14 bits per heavy atom. The van der Waals surface area contributed by atoms with Crippen molar-refractivity contribution in [3.8, 4) is 22.9 Å². The van der Waals surface area contributed by atoms with Crippen molar-refractivity contribution >= 4 is 16.5 Å². The van der Waals surface area contributed by atoms with Gasteiger partial charge in [-0.25, -0.2) is 4.98 Å². The molecule has 2 aromatic carbocycles. The van der Waals surface area contributed by atoms with Gasteiger partial charge in [-0.1, -0.05) is 6.07 Å². The van der Waals surface area contributed by atoms with Crippen LogP contribution >= 0.6 is 0 Å². The maximum absolute atomic E-state index is 11.2. The lowest BCUT2D eigenvalue weighted by atomic mass is 10.1. The van der Waals surface area contributed by atoms with Crippen LogP contribution in [0.25, 0.3) is 22.0 Å². The van der Waals surface area contributed by atoms with E-state index in [0.29, 0.717) is 22.3 Å². The minimum absolute atomic E-state index is 0.00164. The van der Waals surface area contributed by atoms with Gasteiger partial charge in [-0.15, -0.1) is 0 Å². The Hall–Kier alpha value is -3.15. The smallest absolute Gasteiger partial charge is 0.277 e. The van der Waals surface area contributed by atoms with Crippen molar-refractivity contribution in [1.29, 1.82) is 0 Å². The number of methoxy groups -OCH3 is 1. The Labute approximate surface area is 125 Å². The highest BCUT2D eigenvalue weighted by Gasteiger charge is 2.16. The second-order valence-electron chi connectivity index (χ2n) is 4.69. The molecule has 0 aliphatic rings. The number of non-ortho nitro benzene ring substituents is 1. The van der Waals surface area contributed by atoms with E-state index in [2.05, 4.69) is 4.98 Å². The van der Waals surface area contributed by atoms with Crippen molar-refractivity contribution in [3.05, 3.63) is 58.6 Å². The van der Waals surface area contributed by atoms with Gasteiger partial charge in [0.15, 0.2) is 0 Å². The summed E-state index contributed by atoms with van der Waals surface area (Å²) in [6.45, 7) is 0. The predicted molar refractivity (Wildman–Crippen MR) is 82.1 cm³/mol. The number of hydrogen-bond donors (Lipinski definition) is 1. The Bertz CT molecular complexity index is 860. The summed E-state index contributed by atoms with van der Waals surface area (Å²) in [6, 6.07) is 12.9. The molecule has 0 spiro atoms. The number of aromatic hydroxyl groups is 1. The zero-order valence-corrected chi connectivity index (χ0v) is 11.7. The van der Waals surface area contributed by atoms with Crippen LogP contribution in [0.4, 0.5) is 5.69 Å². The molecule has 0 fully saturated rings. The quantitative estimate of drug-likeness (QED) is 0.590. The maximum atomic E-state index is 11.2. The molecule has 0 bridgehead atoms. The summed E-state index contributed by atoms with van der Waals surface area (Å²) in [5, 5.41) is 21.6. The van der Waals surface area contributed by atoms with Crippen molar-refractivity contribution in [2.24, 2.45) is 0 Å². The summed E-state index contributed by atoms with van der Waals surface area (Å²) in [4.78, 5) is 15.2. The number of rotatable bonds is 3. The second kappa shape index (κ2) is 5.33. The molecule has 0 aliphatic carbocycles. The van der Waals surface area contributed by atoms with Crippen LogP contribution in [0.15, 0.2) is 48.5 Å². The molecule has 1 heterocycles. The molecule has 1 N–H and O–H groups in total. The maximum Gasteiger partial charge on any atom is 0.277 e. The van der Waals surface area contributed by atoms with Crippen LogP contribution < -0.4 is 4.74 Å². The average Bonchev–Trinajstić information content (AvgIpc) is 2.53. The Balaban J connectivity index is 2.30. The van der Waals surface area contributed by atoms with Gasteiger partial charge in [-0.05, 0) is 36.4 Å². The number of phenolic OH excluding ortho intramolecular Hbond substituents is 1. The van der Waals surface area contributed by atoms with E-state index in [4.69, 9.17) is 4.74 Å². The van der Waals surface area contributed by atoms with E-state index in [1.165, 1.54) is 25.3 Å². The highest BCUT2D eigenvalue weighted by molar-refractivity contribution is 5.96. The first-order valence-corrected chi connectivity index (χ1v) is 6.51. The van der Waals surface area contributed by atoms with Crippen LogP contribution in [0, 0.1) is 10.1 Å². The largest absolute Gasteiger partial charge is 0.508 e. The van der Waals surface area contributed by atoms with E-state index in [0.717, 1.165) is 5.56 Å². The lowest BCUT2D eigenvalue weighted by Gasteiger charge is -2.09. The van der Waals surface area contributed by atoms with Crippen LogP contribution in [-0.2, 0) is 0 Å². The molecular weight excluding hydrogens is 284 g/mol. The van der Waals surface area contributed by atoms with Crippen molar-refractivity contribution in [2.45, 2.75) is 0 Å². The zero-order chi connectivity index (χ0) is 15.7. The Kier molecular flexibility index (Phi) is 3.34. The molecule has 0 unspecified atom stereocenters. The fraction of sp³-hybridized carbons (Fsp3) is 0.0625. The van der Waals surface area contributed by atoms with Crippen molar-refractivity contribution in [3.63, 3.8) is 0 Å². The number of fused-ring (bicyclic) bond motifs is 1. The van der Waals surface area contributed by atoms with E-state index in [1.807, 2.05) is 0 Å². The average molecular weight is 296 g/mol. The molecule has 0 saturated carbocycles. The van der Waals surface area contributed by atoms with Gasteiger partial charge in [-0.3, -0.25) is 10.1 Å². The number of nitro benzene ring substituents is 1. The third-order valence-electron chi connectivity index (χ3n) is 3.37. The standard InChI is InChI=1S/C16H12N2O4/c1-22-16-12-3-2-4-15(18(20)21)13(12)9-14(17-16)10-5-7-11(19)8-6-10/h2-9,19H,1H3. The van der Waals surface area contributed by atoms with E-state index in [-0.39, 0.29) is 11.4 Å². The summed E-state index contributed by atoms with van der Waals surface area (Å²) in [5.74, 6) is 0.465. The van der Waals surface area contributed by atoms with Crippen molar-refractivity contribution in [2.75, 3.05) is 7.11 Å². The topological polar surface area (TPSA) is 85.5 Å². The monoisotopic (exact) mass is 296 g/mol. The van der Waals surface area contributed by atoms with Gasteiger partial charge < -0.3 is 9.84 Å². The lowest BCUT2D eigenvalue weighted by molar-refractivity contribution is -0.383. The fourth-order valence-corrected chi connectivity index (χ4v) is 2.32. The minimum atomic E-state index is -0.428. The number of pyridine rings is 1. The first-order valence-electron chi connectivity index (χ1n) is 6.51. The highest BCUT2D eigenvalue weighted by Crippen LogP contribution is 2.34. The zero-order valence-electron chi connectivity index (χ0n) is 11.7. The number of benzene rings is 2. The second-order valence-corrected chi connectivity index (χ2v) is 4.69. The molecule has 0 amide bonds. The third kappa shape index (κ3) is 2.31. The van der Waals surface area contributed by atoms with E-state index >= 15 is 0 Å². The molecule has 0 aliphatic heterocycles. The molecule has 22 heavy (non-hydrogen) atoms. The predicted octanol–water partition coefficient (Wildman–Crippen LogP) is 3.52. The van der Waals surface area contributed by atoms with Gasteiger partial charge in [0.2, 0.25) is 5.88 Å². The molecule has 6 nitrogen and oxygen atoms in total. The molecule has 0 atom stereocenters. The van der Waals surface area contributed by atoms with E-state index in [9.17, 15) is 15.2 Å². The SMILES string of the molecule is COc1nc(-c2ccc(O)cc2)cc2c([N+](=O)[O-])cccc12. The first-order chi connectivity index (χ1) is 10.6. The summed E-state index contributed by atoms with van der Waals surface area (Å²) in [7, 11) is 1.47. The van der Waals surface area contributed by atoms with Gasteiger partial charge in [0.05, 0.1) is 28.5 Å². The first kappa shape index (κ1) is 13.8. The van der Waals surface area contributed by atoms with Gasteiger partial charge in [0, 0.05) is 11.6 Å². The molecule has 3 rings (SSSR count). The van der Waals surface area contributed by atoms with Crippen LogP contribution in [-0.4, -0.2) is 22.1 Å². The van der Waals surface area contributed by atoms with Crippen molar-refractivity contribution < 1.29 is 14.8 Å². The number of hydrogen-bond acceptors (Lipinski definition) is 5. The van der Waals surface area contributed by atoms with Gasteiger partial charge in [0.1, 0.15) is 5.75 Å². The molecule has 1 aromatic heterocycles. The molecular formula is C16H12N2O4. The number of ether oxygens (including phenoxy) is 1. The lowest BCUT2D eigenvalue weighted by Crippen LogP contribution is -1.95. The number of nitrogens with zero attached hydrogens (tertiary/aromatic N) is 2. The van der Waals surface area contributed by atoms with Gasteiger partial charge in [-0.2, -0.15) is 0 Å². The Morgan fingerprint density at radius 3 is 2.50 bits per heavy atom. The van der Waals surface area contributed by atoms with Crippen molar-refractivity contribution in [1.82, 2.24) is 4.98 Å². The molecule has 0 saturated heterocycles. The molecule has 3 aromatic rings. The molecule has 110 valence electrons.